The van der Waals surface area contributed by atoms with Crippen LogP contribution in [-0.4, -0.2) is 67.1 Å². The maximum Gasteiger partial charge on any atom is 0.264 e. The second-order valence-electron chi connectivity index (χ2n) is 12.0. The maximum atomic E-state index is 15.0. The fraction of sp³-hybridized carbons (Fsp3) is 0.394. The predicted octanol–water partition coefficient (Wildman–Crippen LogP) is 6.87. The van der Waals surface area contributed by atoms with Crippen molar-refractivity contribution in [1.29, 1.82) is 0 Å². The van der Waals surface area contributed by atoms with Gasteiger partial charge < -0.3 is 9.47 Å². The van der Waals surface area contributed by atoms with Gasteiger partial charge in [-0.3, -0.25) is 14.8 Å². The molecule has 1 unspecified atom stereocenters. The molecular weight excluding hydrogens is 618 g/mol. The van der Waals surface area contributed by atoms with E-state index in [-0.39, 0.29) is 29.8 Å². The van der Waals surface area contributed by atoms with Gasteiger partial charge in [0.1, 0.15) is 12.3 Å². The van der Waals surface area contributed by atoms with Crippen molar-refractivity contribution in [2.24, 2.45) is 0 Å². The van der Waals surface area contributed by atoms with Gasteiger partial charge in [-0.2, -0.15) is 5.10 Å². The van der Waals surface area contributed by atoms with Gasteiger partial charge in [0, 0.05) is 53.3 Å². The number of aryl methyl sites for hydroxylation is 1. The highest BCUT2D eigenvalue weighted by Crippen LogP contribution is 2.39. The largest absolute Gasteiger partial charge is 0.331 e. The van der Waals surface area contributed by atoms with Gasteiger partial charge in [-0.25, -0.2) is 27.5 Å². The number of aromatic nitrogens is 5. The van der Waals surface area contributed by atoms with E-state index in [1.54, 1.807) is 16.1 Å². The first-order chi connectivity index (χ1) is 22.2. The van der Waals surface area contributed by atoms with E-state index < -0.39 is 30.7 Å². The van der Waals surface area contributed by atoms with Crippen LogP contribution in [0, 0.1) is 6.92 Å². The predicted molar refractivity (Wildman–Crippen MR) is 169 cm³/mol. The molecule has 7 rings (SSSR count). The number of thiazole rings is 1. The molecule has 2 aromatic carbocycles. The van der Waals surface area contributed by atoms with Crippen LogP contribution < -0.4 is 5.32 Å². The third-order valence-electron chi connectivity index (χ3n) is 9.28. The van der Waals surface area contributed by atoms with Crippen molar-refractivity contribution >= 4 is 33.3 Å². The number of imidazole rings is 1. The van der Waals surface area contributed by atoms with Crippen LogP contribution in [0.3, 0.4) is 0 Å². The summed E-state index contributed by atoms with van der Waals surface area (Å²) in [6, 6.07) is 7.78. The Morgan fingerprint density at radius 1 is 1.15 bits per heavy atom. The number of alkyl halides is 4. The van der Waals surface area contributed by atoms with Crippen molar-refractivity contribution in [2.75, 3.05) is 25.0 Å². The van der Waals surface area contributed by atoms with Gasteiger partial charge in [0.15, 0.2) is 11.2 Å². The lowest BCUT2D eigenvalue weighted by atomic mass is 9.86. The first kappa shape index (κ1) is 30.5. The molecule has 0 aliphatic carbocycles. The van der Waals surface area contributed by atoms with Crippen LogP contribution in [0.15, 0.2) is 54.4 Å². The zero-order valence-corrected chi connectivity index (χ0v) is 26.2. The van der Waals surface area contributed by atoms with Gasteiger partial charge in [0.05, 0.1) is 24.1 Å². The van der Waals surface area contributed by atoms with E-state index in [4.69, 9.17) is 5.10 Å². The average molecular weight is 652 g/mol. The van der Waals surface area contributed by atoms with Crippen LogP contribution in [0.25, 0.3) is 22.0 Å². The van der Waals surface area contributed by atoms with Crippen molar-refractivity contribution in [1.82, 2.24) is 29.2 Å². The monoisotopic (exact) mass is 651 g/mol. The van der Waals surface area contributed by atoms with E-state index in [1.807, 2.05) is 38.1 Å². The van der Waals surface area contributed by atoms with Crippen molar-refractivity contribution in [3.05, 3.63) is 82.5 Å². The van der Waals surface area contributed by atoms with E-state index in [0.29, 0.717) is 45.3 Å². The van der Waals surface area contributed by atoms with Gasteiger partial charge in [0.25, 0.3) is 12.3 Å². The van der Waals surface area contributed by atoms with Crippen LogP contribution >= 0.6 is 11.3 Å². The van der Waals surface area contributed by atoms with Gasteiger partial charge >= 0.3 is 0 Å². The lowest BCUT2D eigenvalue weighted by Gasteiger charge is -2.34. The smallest absolute Gasteiger partial charge is 0.264 e. The first-order valence-electron chi connectivity index (χ1n) is 15.4. The summed E-state index contributed by atoms with van der Waals surface area (Å²) in [5.74, 6) is -0.730. The van der Waals surface area contributed by atoms with Gasteiger partial charge in [-0.05, 0) is 54.8 Å². The van der Waals surface area contributed by atoms with E-state index in [1.165, 1.54) is 34.6 Å². The molecule has 8 nitrogen and oxygen atoms in total. The third-order valence-corrected chi connectivity index (χ3v) is 9.97. The summed E-state index contributed by atoms with van der Waals surface area (Å²) in [6.07, 6.45) is 0.388. The van der Waals surface area contributed by atoms with Crippen molar-refractivity contribution < 1.29 is 22.4 Å². The Morgan fingerprint density at radius 3 is 2.65 bits per heavy atom. The minimum absolute atomic E-state index is 0.0828. The SMILES string of the molecule is CCN1CC[C@@H](c2ccc(-c3cc(C(F)F)c4cn(C(C(=O)Nc5nccs5)c5ncn6c5C[C@@H](F)C6)nc4c3C)cc2)[C@H](F)C1. The fourth-order valence-electron chi connectivity index (χ4n) is 6.85. The van der Waals surface area contributed by atoms with E-state index >= 15 is 4.39 Å². The molecule has 4 atom stereocenters. The molecule has 46 heavy (non-hydrogen) atoms. The quantitative estimate of drug-likeness (QED) is 0.185. The van der Waals surface area contributed by atoms with Gasteiger partial charge in [0.2, 0.25) is 0 Å². The lowest BCUT2D eigenvalue weighted by molar-refractivity contribution is -0.118. The number of amides is 1. The number of hydrogen-bond acceptors (Lipinski definition) is 6. The highest BCUT2D eigenvalue weighted by atomic mass is 32.1. The molecule has 1 fully saturated rings. The van der Waals surface area contributed by atoms with Crippen LogP contribution in [-0.2, 0) is 17.8 Å². The lowest BCUT2D eigenvalue weighted by Crippen LogP contribution is -2.40. The summed E-state index contributed by atoms with van der Waals surface area (Å²) in [5, 5.41) is 9.77. The molecule has 2 aliphatic heterocycles. The number of fused-ring (bicyclic) bond motifs is 2. The van der Waals surface area contributed by atoms with E-state index in [0.717, 1.165) is 25.1 Å². The molecule has 1 N–H and O–H groups in total. The Morgan fingerprint density at radius 2 is 1.96 bits per heavy atom. The Kier molecular flexibility index (Phi) is 8.14. The third kappa shape index (κ3) is 5.49. The Hall–Kier alpha value is -4.10. The topological polar surface area (TPSA) is 80.9 Å². The molecule has 3 aromatic heterocycles. The van der Waals surface area contributed by atoms with E-state index in [2.05, 4.69) is 20.2 Å². The minimum atomic E-state index is -2.82. The summed E-state index contributed by atoms with van der Waals surface area (Å²) >= 11 is 1.23. The number of nitrogens with zero attached hydrogens (tertiary/aromatic N) is 6. The average Bonchev–Trinajstić information content (AvgIpc) is 3.84. The number of hydrogen-bond donors (Lipinski definition) is 1. The number of carbonyl (C=O) groups excluding carboxylic acids is 1. The normalized spacial score (nSPS) is 20.8. The molecule has 0 spiro atoms. The van der Waals surface area contributed by atoms with Crippen molar-refractivity contribution in [2.45, 2.75) is 64.0 Å². The van der Waals surface area contributed by atoms with E-state index in [9.17, 15) is 18.0 Å². The second kappa shape index (κ2) is 12.3. The Balaban J connectivity index is 1.28. The fourth-order valence-corrected chi connectivity index (χ4v) is 7.38. The summed E-state index contributed by atoms with van der Waals surface area (Å²) < 4.78 is 61.6. The highest BCUT2D eigenvalue weighted by Gasteiger charge is 2.35. The summed E-state index contributed by atoms with van der Waals surface area (Å²) in [5.41, 5.74) is 3.80. The number of anilines is 1. The molecule has 5 aromatic rings. The van der Waals surface area contributed by atoms with Crippen molar-refractivity contribution in [3.63, 3.8) is 0 Å². The molecule has 0 bridgehead atoms. The van der Waals surface area contributed by atoms with Gasteiger partial charge in [-0.15, -0.1) is 11.3 Å². The summed E-state index contributed by atoms with van der Waals surface area (Å²) in [6.45, 7) is 6.01. The molecule has 0 radical (unpaired) electrons. The highest BCUT2D eigenvalue weighted by molar-refractivity contribution is 7.13. The number of carbonyl (C=O) groups is 1. The molecule has 13 heteroatoms. The molecule has 0 saturated carbocycles. The molecule has 1 amide bonds. The van der Waals surface area contributed by atoms with Crippen LogP contribution in [0.1, 0.15) is 59.8 Å². The Labute approximate surface area is 267 Å². The summed E-state index contributed by atoms with van der Waals surface area (Å²) in [4.78, 5) is 24.4. The van der Waals surface area contributed by atoms with Crippen LogP contribution in [0.4, 0.5) is 22.7 Å². The molecule has 1 saturated heterocycles. The van der Waals surface area contributed by atoms with Crippen LogP contribution in [0.5, 0.6) is 0 Å². The number of halogens is 4. The molecule has 2 aliphatic rings. The second-order valence-corrected chi connectivity index (χ2v) is 12.9. The first-order valence-corrected chi connectivity index (χ1v) is 16.2. The number of rotatable bonds is 8. The van der Waals surface area contributed by atoms with Crippen LogP contribution in [0.2, 0.25) is 0 Å². The Bertz CT molecular complexity index is 1870. The zero-order valence-electron chi connectivity index (χ0n) is 25.3. The molecular formula is C33H33F4N7OS. The zero-order chi connectivity index (χ0) is 32.1. The molecule has 5 heterocycles. The maximum absolute atomic E-state index is 15.0. The number of nitrogens with one attached hydrogen (secondary N) is 1. The van der Waals surface area contributed by atoms with Crippen molar-refractivity contribution in [3.8, 4) is 11.1 Å². The number of piperidine rings is 1. The molecule has 240 valence electrons. The number of benzene rings is 2. The minimum Gasteiger partial charge on any atom is -0.331 e. The summed E-state index contributed by atoms with van der Waals surface area (Å²) in [7, 11) is 0. The van der Waals surface area contributed by atoms with Gasteiger partial charge in [-0.1, -0.05) is 31.2 Å². The number of likely N-dealkylation sites (tertiary alicyclic amines) is 1. The standard InChI is InChI=1S/C33H33F4N7OS/c1-3-42-10-8-22(26(35)16-42)19-4-6-20(7-5-19)23-13-24(31(36)37)25-15-44(41-28(25)18(23)2)30(32(45)40-33-38-9-11-46-33)29-27-12-21(34)14-43(27)17-39-29/h4-7,9,11,13,15,17,21-22,26,30-31H,3,8,10,12,14,16H2,1-2H3,(H,38,40,45)/t21-,22+,26-,30?/m1/s1.